The second kappa shape index (κ2) is 8.01. The number of para-hydroxylation sites is 1. The second-order valence-corrected chi connectivity index (χ2v) is 6.47. The molecule has 24 heavy (non-hydrogen) atoms. The van der Waals surface area contributed by atoms with Crippen molar-refractivity contribution in [1.29, 1.82) is 0 Å². The van der Waals surface area contributed by atoms with E-state index >= 15 is 0 Å². The quantitative estimate of drug-likeness (QED) is 0.559. The van der Waals surface area contributed by atoms with E-state index in [0.717, 1.165) is 18.6 Å². The van der Waals surface area contributed by atoms with Gasteiger partial charge in [-0.2, -0.15) is 0 Å². The number of aromatic nitrogens is 3. The molecule has 0 radical (unpaired) electrons. The summed E-state index contributed by atoms with van der Waals surface area (Å²) in [5, 5.41) is 12.0. The van der Waals surface area contributed by atoms with Gasteiger partial charge in [0.15, 0.2) is 11.0 Å². The summed E-state index contributed by atoms with van der Waals surface area (Å²) in [7, 11) is 0. The van der Waals surface area contributed by atoms with Crippen molar-refractivity contribution in [2.45, 2.75) is 37.2 Å². The molecular weight excluding hydrogens is 324 g/mol. The van der Waals surface area contributed by atoms with Crippen molar-refractivity contribution < 1.29 is 9.53 Å². The van der Waals surface area contributed by atoms with E-state index in [0.29, 0.717) is 35.9 Å². The van der Waals surface area contributed by atoms with E-state index in [9.17, 15) is 4.79 Å². The fourth-order valence-electron chi connectivity index (χ4n) is 2.14. The van der Waals surface area contributed by atoms with Crippen molar-refractivity contribution in [3.05, 3.63) is 48.8 Å². The minimum Gasteiger partial charge on any atom is -0.486 e. The van der Waals surface area contributed by atoms with Gasteiger partial charge in [-0.25, -0.2) is 0 Å². The van der Waals surface area contributed by atoms with Gasteiger partial charge in [0.05, 0.1) is 5.75 Å². The number of hydrogen-bond donors (Lipinski definition) is 1. The third-order valence-corrected chi connectivity index (χ3v) is 4.46. The van der Waals surface area contributed by atoms with Gasteiger partial charge in [-0.15, -0.1) is 16.8 Å². The molecule has 0 atom stereocenters. The maximum Gasteiger partial charge on any atom is 0.230 e. The largest absolute Gasteiger partial charge is 0.486 e. The molecule has 0 aliphatic heterocycles. The molecule has 1 N–H and O–H groups in total. The lowest BCUT2D eigenvalue weighted by Crippen LogP contribution is -2.27. The third kappa shape index (κ3) is 4.61. The first-order valence-corrected chi connectivity index (χ1v) is 8.88. The molecule has 0 saturated heterocycles. The van der Waals surface area contributed by atoms with Crippen LogP contribution < -0.4 is 10.1 Å². The van der Waals surface area contributed by atoms with Crippen molar-refractivity contribution in [3.63, 3.8) is 0 Å². The smallest absolute Gasteiger partial charge is 0.230 e. The number of nitrogens with one attached hydrogen (secondary N) is 1. The van der Waals surface area contributed by atoms with E-state index in [-0.39, 0.29) is 5.91 Å². The summed E-state index contributed by atoms with van der Waals surface area (Å²) >= 11 is 1.38. The summed E-state index contributed by atoms with van der Waals surface area (Å²) in [6, 6.07) is 9.94. The van der Waals surface area contributed by atoms with Crippen LogP contribution in [0.2, 0.25) is 0 Å². The number of carbonyl (C=O) groups excluding carboxylic acids is 1. The molecule has 1 heterocycles. The average Bonchev–Trinajstić information content (AvgIpc) is 3.33. The Bertz CT molecular complexity index is 698. The second-order valence-electron chi connectivity index (χ2n) is 5.53. The van der Waals surface area contributed by atoms with Crippen LogP contribution in [0.1, 0.15) is 18.7 Å². The highest BCUT2D eigenvalue weighted by molar-refractivity contribution is 7.99. The molecule has 0 unspecified atom stereocenters. The van der Waals surface area contributed by atoms with Gasteiger partial charge in [0.25, 0.3) is 0 Å². The lowest BCUT2D eigenvalue weighted by Gasteiger charge is -2.09. The van der Waals surface area contributed by atoms with E-state index in [4.69, 9.17) is 4.74 Å². The van der Waals surface area contributed by atoms with Crippen LogP contribution in [0, 0.1) is 0 Å². The summed E-state index contributed by atoms with van der Waals surface area (Å²) < 4.78 is 7.65. The fraction of sp³-hybridized carbons (Fsp3) is 0.353. The number of carbonyl (C=O) groups is 1. The Kier molecular flexibility index (Phi) is 5.53. The fourth-order valence-corrected chi connectivity index (χ4v) is 2.91. The first kappa shape index (κ1) is 16.6. The van der Waals surface area contributed by atoms with Crippen LogP contribution in [0.5, 0.6) is 5.75 Å². The molecule has 1 aliphatic rings. The molecule has 1 aliphatic carbocycles. The molecule has 6 nitrogen and oxygen atoms in total. The predicted octanol–water partition coefficient (Wildman–Crippen LogP) is 2.41. The predicted molar refractivity (Wildman–Crippen MR) is 92.9 cm³/mol. The van der Waals surface area contributed by atoms with Gasteiger partial charge < -0.3 is 10.1 Å². The number of thioether (sulfide) groups is 1. The van der Waals surface area contributed by atoms with Crippen molar-refractivity contribution >= 4 is 17.7 Å². The normalized spacial score (nSPS) is 13.5. The van der Waals surface area contributed by atoms with Gasteiger partial charge in [-0.05, 0) is 25.0 Å². The van der Waals surface area contributed by atoms with Gasteiger partial charge in [-0.3, -0.25) is 9.36 Å². The molecule has 1 aromatic heterocycles. The molecule has 0 bridgehead atoms. The van der Waals surface area contributed by atoms with E-state index in [2.05, 4.69) is 22.1 Å². The van der Waals surface area contributed by atoms with Crippen LogP contribution in [-0.4, -0.2) is 32.5 Å². The highest BCUT2D eigenvalue weighted by Gasteiger charge is 2.23. The summed E-state index contributed by atoms with van der Waals surface area (Å²) in [5.74, 6) is 1.87. The Morgan fingerprint density at radius 1 is 1.38 bits per heavy atom. The summed E-state index contributed by atoms with van der Waals surface area (Å²) in [6.45, 7) is 4.67. The first-order chi connectivity index (χ1) is 11.8. The van der Waals surface area contributed by atoms with Gasteiger partial charge in [0.2, 0.25) is 5.91 Å². The maximum absolute atomic E-state index is 11.8. The topological polar surface area (TPSA) is 69.0 Å². The van der Waals surface area contributed by atoms with Crippen molar-refractivity contribution in [2.75, 3.05) is 5.75 Å². The van der Waals surface area contributed by atoms with E-state index < -0.39 is 0 Å². The summed E-state index contributed by atoms with van der Waals surface area (Å²) in [5.41, 5.74) is 0. The molecule has 0 spiro atoms. The number of benzene rings is 1. The molecule has 2 aromatic rings. The van der Waals surface area contributed by atoms with Crippen LogP contribution in [0.4, 0.5) is 0 Å². The molecule has 7 heteroatoms. The number of hydrogen-bond acceptors (Lipinski definition) is 5. The van der Waals surface area contributed by atoms with Gasteiger partial charge >= 0.3 is 0 Å². The van der Waals surface area contributed by atoms with Crippen LogP contribution in [0.15, 0.2) is 48.1 Å². The number of ether oxygens (including phenoxy) is 1. The molecule has 1 amide bonds. The van der Waals surface area contributed by atoms with Gasteiger partial charge in [0, 0.05) is 12.6 Å². The van der Waals surface area contributed by atoms with Crippen LogP contribution >= 0.6 is 11.8 Å². The lowest BCUT2D eigenvalue weighted by molar-refractivity contribution is -0.118. The molecule has 3 rings (SSSR count). The number of nitrogens with zero attached hydrogens (tertiary/aromatic N) is 3. The monoisotopic (exact) mass is 344 g/mol. The lowest BCUT2D eigenvalue weighted by atomic mass is 10.3. The molecule has 1 saturated carbocycles. The number of allylic oxidation sites excluding steroid dienone is 1. The third-order valence-electron chi connectivity index (χ3n) is 3.49. The molecule has 1 fully saturated rings. The van der Waals surface area contributed by atoms with Crippen molar-refractivity contribution in [2.24, 2.45) is 0 Å². The van der Waals surface area contributed by atoms with Crippen molar-refractivity contribution in [3.8, 4) is 5.75 Å². The van der Waals surface area contributed by atoms with Crippen LogP contribution in [0.25, 0.3) is 0 Å². The Hall–Kier alpha value is -2.28. The number of amides is 1. The van der Waals surface area contributed by atoms with Crippen LogP contribution in [0.3, 0.4) is 0 Å². The highest BCUT2D eigenvalue weighted by atomic mass is 32.2. The number of rotatable bonds is 9. The standard InChI is InChI=1S/C17H20N4O2S/c1-2-10-21-15(11-23-14-6-4-3-5-7-14)19-20-17(21)24-12-16(22)18-13-8-9-13/h2-7,13H,1,8-12H2,(H,18,22). The average molecular weight is 344 g/mol. The van der Waals surface area contributed by atoms with E-state index in [1.807, 2.05) is 34.9 Å². The molecule has 126 valence electrons. The zero-order valence-electron chi connectivity index (χ0n) is 13.4. The zero-order chi connectivity index (χ0) is 16.8. The Morgan fingerprint density at radius 2 is 2.17 bits per heavy atom. The van der Waals surface area contributed by atoms with Gasteiger partial charge in [0.1, 0.15) is 12.4 Å². The van der Waals surface area contributed by atoms with Crippen LogP contribution in [-0.2, 0) is 17.9 Å². The minimum absolute atomic E-state index is 0.0396. The first-order valence-electron chi connectivity index (χ1n) is 7.89. The maximum atomic E-state index is 11.8. The van der Waals surface area contributed by atoms with E-state index in [1.54, 1.807) is 6.08 Å². The Labute approximate surface area is 145 Å². The Morgan fingerprint density at radius 3 is 2.88 bits per heavy atom. The summed E-state index contributed by atoms with van der Waals surface area (Å²) in [4.78, 5) is 11.8. The summed E-state index contributed by atoms with van der Waals surface area (Å²) in [6.07, 6.45) is 3.96. The highest BCUT2D eigenvalue weighted by Crippen LogP contribution is 2.21. The van der Waals surface area contributed by atoms with E-state index in [1.165, 1.54) is 11.8 Å². The SMILES string of the molecule is C=CCn1c(COc2ccccc2)nnc1SCC(=O)NC1CC1. The molecular formula is C17H20N4O2S. The van der Waals surface area contributed by atoms with Crippen molar-refractivity contribution in [1.82, 2.24) is 20.1 Å². The zero-order valence-corrected chi connectivity index (χ0v) is 14.2. The minimum atomic E-state index is 0.0396. The Balaban J connectivity index is 1.60. The van der Waals surface area contributed by atoms with Gasteiger partial charge in [-0.1, -0.05) is 36.0 Å². The molecule has 1 aromatic carbocycles.